The molecule has 21 heavy (non-hydrogen) atoms. The molecule has 1 N–H and O–H groups in total. The summed E-state index contributed by atoms with van der Waals surface area (Å²) < 4.78 is 0. The van der Waals surface area contributed by atoms with Gasteiger partial charge in [0.25, 0.3) is 0 Å². The highest BCUT2D eigenvalue weighted by molar-refractivity contribution is 8.00. The molecule has 0 saturated heterocycles. The molecule has 0 aliphatic carbocycles. The number of hydrogen-bond acceptors (Lipinski definition) is 3. The Hall–Kier alpha value is -1.47. The van der Waals surface area contributed by atoms with Gasteiger partial charge >= 0.3 is 5.97 Å². The molecule has 1 rings (SSSR count). The summed E-state index contributed by atoms with van der Waals surface area (Å²) in [5.41, 5.74) is 0.781. The Morgan fingerprint density at radius 2 is 2.00 bits per heavy atom. The Kier molecular flexibility index (Phi) is 7.31. The lowest BCUT2D eigenvalue weighted by Gasteiger charge is -2.15. The summed E-state index contributed by atoms with van der Waals surface area (Å²) in [5, 5.41) is 17.8. The Morgan fingerprint density at radius 3 is 2.57 bits per heavy atom. The molecule has 114 valence electrons. The van der Waals surface area contributed by atoms with E-state index in [1.807, 2.05) is 44.2 Å². The van der Waals surface area contributed by atoms with E-state index in [-0.39, 0.29) is 5.41 Å². The van der Waals surface area contributed by atoms with E-state index in [1.54, 1.807) is 0 Å². The van der Waals surface area contributed by atoms with E-state index in [4.69, 9.17) is 5.26 Å². The summed E-state index contributed by atoms with van der Waals surface area (Å²) >= 11 is 1.50. The number of nitrogens with zero attached hydrogens (tertiary/aromatic N) is 1. The lowest BCUT2D eigenvalue weighted by molar-refractivity contribution is -0.136. The molecule has 0 saturated carbocycles. The van der Waals surface area contributed by atoms with E-state index < -0.39 is 11.2 Å². The van der Waals surface area contributed by atoms with Crippen molar-refractivity contribution in [3.63, 3.8) is 0 Å². The zero-order chi connectivity index (χ0) is 15.7. The zero-order valence-electron chi connectivity index (χ0n) is 12.7. The molecule has 1 unspecified atom stereocenters. The van der Waals surface area contributed by atoms with Gasteiger partial charge in [0.2, 0.25) is 0 Å². The Balaban J connectivity index is 2.33. The first-order chi connectivity index (χ1) is 9.94. The van der Waals surface area contributed by atoms with Gasteiger partial charge in [-0.25, -0.2) is 0 Å². The van der Waals surface area contributed by atoms with Crippen molar-refractivity contribution in [3.05, 3.63) is 35.9 Å². The van der Waals surface area contributed by atoms with Gasteiger partial charge in [-0.05, 0) is 44.4 Å². The number of aliphatic carboxylic acids is 1. The fourth-order valence-corrected chi connectivity index (χ4v) is 3.10. The second-order valence-corrected chi connectivity index (χ2v) is 7.15. The van der Waals surface area contributed by atoms with E-state index in [0.29, 0.717) is 6.42 Å². The summed E-state index contributed by atoms with van der Waals surface area (Å²) in [6.45, 7) is 3.88. The molecule has 0 aliphatic rings. The molecule has 0 radical (unpaired) electrons. The van der Waals surface area contributed by atoms with Crippen LogP contribution >= 0.6 is 11.8 Å². The molecule has 0 fully saturated rings. The van der Waals surface area contributed by atoms with Gasteiger partial charge < -0.3 is 5.11 Å². The maximum Gasteiger partial charge on any atom is 0.316 e. The van der Waals surface area contributed by atoms with Crippen LogP contribution in [0.1, 0.15) is 38.7 Å². The van der Waals surface area contributed by atoms with Crippen molar-refractivity contribution in [1.82, 2.24) is 0 Å². The van der Waals surface area contributed by atoms with Gasteiger partial charge in [-0.3, -0.25) is 4.79 Å². The molecule has 1 atom stereocenters. The number of carbonyl (C=O) groups is 1. The second kappa shape index (κ2) is 8.74. The molecular weight excluding hydrogens is 282 g/mol. The van der Waals surface area contributed by atoms with Gasteiger partial charge in [0, 0.05) is 0 Å². The lowest BCUT2D eigenvalue weighted by atomic mass is 9.89. The van der Waals surface area contributed by atoms with Gasteiger partial charge in [0.1, 0.15) is 5.25 Å². The van der Waals surface area contributed by atoms with Crippen LogP contribution in [0.4, 0.5) is 0 Å². The van der Waals surface area contributed by atoms with Crippen LogP contribution in [0.2, 0.25) is 0 Å². The van der Waals surface area contributed by atoms with E-state index in [2.05, 4.69) is 6.07 Å². The third-order valence-corrected chi connectivity index (χ3v) is 4.65. The third-order valence-electron chi connectivity index (χ3n) is 3.36. The largest absolute Gasteiger partial charge is 0.480 e. The number of hydrogen-bond donors (Lipinski definition) is 1. The minimum atomic E-state index is -0.749. The van der Waals surface area contributed by atoms with Crippen LogP contribution in [-0.4, -0.2) is 22.1 Å². The van der Waals surface area contributed by atoms with Crippen molar-refractivity contribution in [2.75, 3.05) is 5.75 Å². The van der Waals surface area contributed by atoms with Gasteiger partial charge in [0.15, 0.2) is 0 Å². The van der Waals surface area contributed by atoms with Gasteiger partial charge in [0.05, 0.1) is 11.5 Å². The molecule has 0 spiro atoms. The smallest absolute Gasteiger partial charge is 0.316 e. The molecule has 0 aromatic heterocycles. The first kappa shape index (κ1) is 17.6. The monoisotopic (exact) mass is 305 g/mol. The number of nitriles is 1. The predicted octanol–water partition coefficient (Wildman–Crippen LogP) is 4.14. The van der Waals surface area contributed by atoms with Crippen molar-refractivity contribution in [2.45, 2.75) is 44.8 Å². The highest BCUT2D eigenvalue weighted by atomic mass is 32.2. The molecule has 0 aliphatic heterocycles. The van der Waals surface area contributed by atoms with Crippen molar-refractivity contribution in [2.24, 2.45) is 5.41 Å². The predicted molar refractivity (Wildman–Crippen MR) is 87.3 cm³/mol. The fourth-order valence-electron chi connectivity index (χ4n) is 2.00. The minimum absolute atomic E-state index is 0.277. The van der Waals surface area contributed by atoms with Crippen molar-refractivity contribution < 1.29 is 9.90 Å². The number of carboxylic acid groups (broad SMARTS) is 1. The zero-order valence-corrected chi connectivity index (χ0v) is 13.5. The van der Waals surface area contributed by atoms with Crippen molar-refractivity contribution in [1.29, 1.82) is 5.26 Å². The number of thioether (sulfide) groups is 1. The Morgan fingerprint density at radius 1 is 1.33 bits per heavy atom. The van der Waals surface area contributed by atoms with E-state index in [1.165, 1.54) is 11.8 Å². The summed E-state index contributed by atoms with van der Waals surface area (Å²) in [5.74, 6) is 0.0758. The van der Waals surface area contributed by atoms with Gasteiger partial charge in [-0.1, -0.05) is 36.8 Å². The third kappa shape index (κ3) is 7.19. The van der Waals surface area contributed by atoms with Crippen LogP contribution in [0.5, 0.6) is 0 Å². The van der Waals surface area contributed by atoms with Crippen LogP contribution in [0.25, 0.3) is 0 Å². The molecule has 0 amide bonds. The topological polar surface area (TPSA) is 61.1 Å². The number of benzene rings is 1. The average Bonchev–Trinajstić information content (AvgIpc) is 2.46. The molecule has 4 heteroatoms. The van der Waals surface area contributed by atoms with Crippen LogP contribution in [-0.2, 0) is 11.2 Å². The Labute approximate surface area is 131 Å². The van der Waals surface area contributed by atoms with Crippen LogP contribution < -0.4 is 0 Å². The maximum atomic E-state index is 11.3. The fraction of sp³-hybridized carbons (Fsp3) is 0.529. The minimum Gasteiger partial charge on any atom is -0.480 e. The molecule has 0 bridgehead atoms. The van der Waals surface area contributed by atoms with E-state index in [0.717, 1.165) is 30.6 Å². The van der Waals surface area contributed by atoms with Crippen LogP contribution in [0.3, 0.4) is 0 Å². The first-order valence-corrected chi connectivity index (χ1v) is 8.29. The van der Waals surface area contributed by atoms with Crippen LogP contribution in [0, 0.1) is 16.7 Å². The van der Waals surface area contributed by atoms with Gasteiger partial charge in [-0.2, -0.15) is 5.26 Å². The molecular formula is C17H23NO2S. The molecule has 0 heterocycles. The number of unbranched alkanes of at least 4 members (excludes halogenated alkanes) is 1. The second-order valence-electron chi connectivity index (χ2n) is 5.84. The standard InChI is InChI=1S/C17H23NO2S/c1-17(2,13-18)10-6-7-11-21-15(16(19)20)12-14-8-4-3-5-9-14/h3-5,8-9,15H,6-7,10-12H2,1-2H3,(H,19,20). The van der Waals surface area contributed by atoms with E-state index in [9.17, 15) is 9.90 Å². The first-order valence-electron chi connectivity index (χ1n) is 7.24. The average molecular weight is 305 g/mol. The summed E-state index contributed by atoms with van der Waals surface area (Å²) in [7, 11) is 0. The lowest BCUT2D eigenvalue weighted by Crippen LogP contribution is -2.19. The highest BCUT2D eigenvalue weighted by Crippen LogP contribution is 2.24. The quantitative estimate of drug-likeness (QED) is 0.697. The molecule has 1 aromatic rings. The van der Waals surface area contributed by atoms with Crippen molar-refractivity contribution >= 4 is 17.7 Å². The summed E-state index contributed by atoms with van der Waals surface area (Å²) in [4.78, 5) is 11.3. The molecule has 3 nitrogen and oxygen atoms in total. The summed E-state index contributed by atoms with van der Waals surface area (Å²) in [6, 6.07) is 12.0. The number of carboxylic acids is 1. The molecule has 1 aromatic carbocycles. The number of rotatable bonds is 9. The summed E-state index contributed by atoms with van der Waals surface area (Å²) in [6.07, 6.45) is 3.34. The SMILES string of the molecule is CC(C)(C#N)CCCCSC(Cc1ccccc1)C(=O)O. The Bertz CT molecular complexity index is 479. The van der Waals surface area contributed by atoms with Gasteiger partial charge in [-0.15, -0.1) is 11.8 Å². The van der Waals surface area contributed by atoms with Crippen molar-refractivity contribution in [3.8, 4) is 6.07 Å². The normalized spacial score (nSPS) is 12.6. The van der Waals surface area contributed by atoms with E-state index >= 15 is 0 Å². The van der Waals surface area contributed by atoms with Crippen LogP contribution in [0.15, 0.2) is 30.3 Å². The maximum absolute atomic E-state index is 11.3. The highest BCUT2D eigenvalue weighted by Gasteiger charge is 2.19.